The van der Waals surface area contributed by atoms with Crippen LogP contribution >= 0.6 is 0 Å². The van der Waals surface area contributed by atoms with Crippen molar-refractivity contribution in [2.45, 2.75) is 12.8 Å². The number of carbonyl (C=O) groups is 2. The third-order valence-electron chi connectivity index (χ3n) is 9.61. The Morgan fingerprint density at radius 1 is 0.462 bits per heavy atom. The van der Waals surface area contributed by atoms with Gasteiger partial charge in [-0.3, -0.25) is 4.79 Å². The van der Waals surface area contributed by atoms with Crippen molar-refractivity contribution in [3.05, 3.63) is 83.9 Å². The van der Waals surface area contributed by atoms with Crippen molar-refractivity contribution in [2.75, 3.05) is 177 Å². The number of ether oxygens (including phenoxy) is 13. The van der Waals surface area contributed by atoms with E-state index in [9.17, 15) is 9.59 Å². The molecule has 0 bridgehead atoms. The minimum absolute atomic E-state index is 0.0328. The van der Waals surface area contributed by atoms with Gasteiger partial charge in [0.05, 0.1) is 145 Å². The molecule has 0 aromatic heterocycles. The first-order chi connectivity index (χ1) is 32.0. The molecule has 0 aliphatic heterocycles. The smallest absolute Gasteiger partial charge is 0.409 e. The summed E-state index contributed by atoms with van der Waals surface area (Å²) in [4.78, 5) is 25.2. The molecule has 4 rings (SSSR count). The van der Waals surface area contributed by atoms with Gasteiger partial charge >= 0.3 is 6.09 Å². The van der Waals surface area contributed by atoms with Crippen LogP contribution in [0.3, 0.4) is 0 Å². The predicted octanol–water partition coefficient (Wildman–Crippen LogP) is 5.09. The van der Waals surface area contributed by atoms with Gasteiger partial charge in [-0.15, -0.1) is 0 Å². The number of carbonyl (C=O) groups excluding carboxylic acids is 2. The van der Waals surface area contributed by atoms with Crippen LogP contribution < -0.4 is 10.1 Å². The molecule has 0 spiro atoms. The fraction of sp³-hybridized carbons (Fsp3) is 0.583. The molecule has 17 nitrogen and oxygen atoms in total. The molecule has 0 unspecified atom stereocenters. The van der Waals surface area contributed by atoms with Gasteiger partial charge in [0.1, 0.15) is 19.0 Å². The SMILES string of the molecule is CC(=O)Nc1ccc(OCCOCCOCCOCCOCCOCCOCCOCCOCCOCCOCCOCCN(C)C(=O)OCC2c3ccccc3-c3ccccc32)cc1. The summed E-state index contributed by atoms with van der Waals surface area (Å²) in [5.74, 6) is 0.632. The zero-order valence-electron chi connectivity index (χ0n) is 38.3. The van der Waals surface area contributed by atoms with Crippen LogP contribution in [0.4, 0.5) is 10.5 Å². The minimum Gasteiger partial charge on any atom is -0.491 e. The normalized spacial score (nSPS) is 12.0. The van der Waals surface area contributed by atoms with E-state index in [0.717, 1.165) is 5.69 Å². The van der Waals surface area contributed by atoms with Gasteiger partial charge in [-0.2, -0.15) is 0 Å². The molecule has 0 fully saturated rings. The monoisotopic (exact) mass is 914 g/mol. The van der Waals surface area contributed by atoms with Gasteiger partial charge in [-0.05, 0) is 46.5 Å². The maximum absolute atomic E-state index is 12.6. The van der Waals surface area contributed by atoms with Gasteiger partial charge < -0.3 is 71.8 Å². The van der Waals surface area contributed by atoms with Crippen molar-refractivity contribution in [1.29, 1.82) is 0 Å². The highest BCUT2D eigenvalue weighted by Crippen LogP contribution is 2.44. The molecule has 1 aliphatic carbocycles. The molecule has 3 aromatic rings. The zero-order chi connectivity index (χ0) is 45.8. The number of amides is 2. The lowest BCUT2D eigenvalue weighted by atomic mass is 9.98. The Labute approximate surface area is 384 Å². The number of rotatable bonds is 40. The molecule has 2 amide bonds. The highest BCUT2D eigenvalue weighted by atomic mass is 16.6. The second-order valence-corrected chi connectivity index (χ2v) is 14.5. The molecule has 0 heterocycles. The van der Waals surface area contributed by atoms with Crippen LogP contribution in [0.25, 0.3) is 11.1 Å². The number of likely N-dealkylation sites (N-methyl/N-ethyl adjacent to an activating group) is 1. The molecular weight excluding hydrogens is 845 g/mol. The van der Waals surface area contributed by atoms with Crippen LogP contribution in [-0.2, 0) is 61.6 Å². The van der Waals surface area contributed by atoms with Crippen LogP contribution in [0.1, 0.15) is 24.0 Å². The molecule has 0 saturated carbocycles. The second kappa shape index (κ2) is 35.0. The molecule has 362 valence electrons. The molecule has 0 radical (unpaired) electrons. The van der Waals surface area contributed by atoms with Gasteiger partial charge in [0.2, 0.25) is 5.91 Å². The van der Waals surface area contributed by atoms with E-state index in [1.807, 2.05) is 24.3 Å². The first kappa shape index (κ1) is 53.4. The van der Waals surface area contributed by atoms with Gasteiger partial charge in [0.25, 0.3) is 0 Å². The van der Waals surface area contributed by atoms with Crippen molar-refractivity contribution < 1.29 is 71.2 Å². The summed E-state index contributed by atoms with van der Waals surface area (Å²) < 4.78 is 72.1. The first-order valence-electron chi connectivity index (χ1n) is 22.4. The number of anilines is 1. The maximum Gasteiger partial charge on any atom is 0.409 e. The van der Waals surface area contributed by atoms with E-state index in [0.29, 0.717) is 171 Å². The number of hydrogen-bond donors (Lipinski definition) is 1. The summed E-state index contributed by atoms with van der Waals surface area (Å²) in [5.41, 5.74) is 5.51. The Balaban J connectivity index is 0.774. The Hall–Kier alpha value is -4.24. The lowest BCUT2D eigenvalue weighted by Crippen LogP contribution is -2.32. The van der Waals surface area contributed by atoms with E-state index in [2.05, 4.69) is 29.6 Å². The highest BCUT2D eigenvalue weighted by molar-refractivity contribution is 5.88. The van der Waals surface area contributed by atoms with Crippen LogP contribution in [0.15, 0.2) is 72.8 Å². The highest BCUT2D eigenvalue weighted by Gasteiger charge is 2.29. The Morgan fingerprint density at radius 3 is 1.17 bits per heavy atom. The second-order valence-electron chi connectivity index (χ2n) is 14.5. The number of hydrogen-bond acceptors (Lipinski definition) is 15. The van der Waals surface area contributed by atoms with Gasteiger partial charge in [-0.1, -0.05) is 48.5 Å². The number of nitrogens with zero attached hydrogens (tertiary/aromatic N) is 1. The Morgan fingerprint density at radius 2 is 0.800 bits per heavy atom. The first-order valence-corrected chi connectivity index (χ1v) is 22.4. The predicted molar refractivity (Wildman–Crippen MR) is 243 cm³/mol. The lowest BCUT2D eigenvalue weighted by Gasteiger charge is -2.19. The van der Waals surface area contributed by atoms with Crippen LogP contribution in [-0.4, -0.2) is 189 Å². The van der Waals surface area contributed by atoms with E-state index < -0.39 is 0 Å². The quantitative estimate of drug-likeness (QED) is 0.0749. The van der Waals surface area contributed by atoms with Crippen molar-refractivity contribution in [2.24, 2.45) is 0 Å². The molecule has 65 heavy (non-hydrogen) atoms. The van der Waals surface area contributed by atoms with Crippen molar-refractivity contribution in [3.63, 3.8) is 0 Å². The summed E-state index contributed by atoms with van der Waals surface area (Å²) in [6.45, 7) is 12.9. The Bertz CT molecular complexity index is 1640. The van der Waals surface area contributed by atoms with Crippen LogP contribution in [0.5, 0.6) is 5.75 Å². The number of benzene rings is 3. The topological polar surface area (TPSA) is 169 Å². The van der Waals surface area contributed by atoms with Crippen molar-refractivity contribution >= 4 is 17.7 Å². The van der Waals surface area contributed by atoms with Gasteiger partial charge in [0, 0.05) is 32.1 Å². The average molecular weight is 915 g/mol. The third kappa shape index (κ3) is 23.7. The number of nitrogens with one attached hydrogen (secondary N) is 1. The molecule has 1 N–H and O–H groups in total. The third-order valence-corrected chi connectivity index (χ3v) is 9.61. The minimum atomic E-state index is -0.369. The largest absolute Gasteiger partial charge is 0.491 e. The molecule has 0 saturated heterocycles. The van der Waals surface area contributed by atoms with Gasteiger partial charge in [0.15, 0.2) is 0 Å². The fourth-order valence-corrected chi connectivity index (χ4v) is 6.35. The van der Waals surface area contributed by atoms with E-state index in [-0.39, 0.29) is 17.9 Å². The standard InChI is InChI=1S/C48H70N2O15/c1-40(51)49-41-11-13-42(14-12-41)64-38-37-63-36-35-62-34-33-61-32-31-60-30-29-59-28-27-58-26-25-57-24-23-56-22-21-55-20-19-54-18-17-53-16-15-50(2)48(52)65-39-47-45-9-5-3-7-43(45)44-8-4-6-10-46(44)47/h3-14,47H,15-39H2,1-2H3,(H,49,51). The van der Waals surface area contributed by atoms with Crippen LogP contribution in [0.2, 0.25) is 0 Å². The van der Waals surface area contributed by atoms with E-state index in [1.54, 1.807) is 31.3 Å². The molecule has 3 aromatic carbocycles. The molecule has 17 heteroatoms. The van der Waals surface area contributed by atoms with Crippen molar-refractivity contribution in [1.82, 2.24) is 4.90 Å². The van der Waals surface area contributed by atoms with E-state index in [1.165, 1.54) is 34.1 Å². The summed E-state index contributed by atoms with van der Waals surface area (Å²) >= 11 is 0. The van der Waals surface area contributed by atoms with Gasteiger partial charge in [-0.25, -0.2) is 4.79 Å². The molecule has 1 aliphatic rings. The Kier molecular flexibility index (Phi) is 28.8. The summed E-state index contributed by atoms with van der Waals surface area (Å²) in [6.07, 6.45) is -0.369. The molecule has 0 atom stereocenters. The fourth-order valence-electron chi connectivity index (χ4n) is 6.35. The molecular formula is C48H70N2O15. The van der Waals surface area contributed by atoms with Crippen LogP contribution in [0, 0.1) is 0 Å². The van der Waals surface area contributed by atoms with E-state index >= 15 is 0 Å². The number of fused-ring (bicyclic) bond motifs is 3. The van der Waals surface area contributed by atoms with Crippen molar-refractivity contribution in [3.8, 4) is 16.9 Å². The summed E-state index contributed by atoms with van der Waals surface area (Å²) in [7, 11) is 1.71. The maximum atomic E-state index is 12.6. The van der Waals surface area contributed by atoms with E-state index in [4.69, 9.17) is 61.6 Å². The lowest BCUT2D eigenvalue weighted by molar-refractivity contribution is -0.114. The average Bonchev–Trinajstić information content (AvgIpc) is 3.64. The zero-order valence-corrected chi connectivity index (χ0v) is 38.3. The summed E-state index contributed by atoms with van der Waals surface area (Å²) in [6, 6.07) is 23.7. The summed E-state index contributed by atoms with van der Waals surface area (Å²) in [5, 5.41) is 2.71.